The molecule has 1 aromatic carbocycles. The zero-order valence-electron chi connectivity index (χ0n) is 14.3. The van der Waals surface area contributed by atoms with Gasteiger partial charge in [0, 0.05) is 24.7 Å². The Bertz CT molecular complexity index is 540. The Hall–Kier alpha value is -1.26. The number of carbonyl (C=O) groups is 1. The molecule has 0 bridgehead atoms. The largest absolute Gasteiger partial charge is 0.444 e. The van der Waals surface area contributed by atoms with Crippen LogP contribution in [0.3, 0.4) is 0 Å². The number of alkyl carbamates (subject to hydrolysis) is 1. The maximum absolute atomic E-state index is 11.5. The van der Waals surface area contributed by atoms with Crippen LogP contribution in [0, 0.1) is 0 Å². The summed E-state index contributed by atoms with van der Waals surface area (Å²) in [5.41, 5.74) is 2.21. The number of hydrogen-bond acceptors (Lipinski definition) is 3. The molecule has 0 aromatic heterocycles. The number of fused-ring (bicyclic) bond motifs is 1. The van der Waals surface area contributed by atoms with Crippen LogP contribution in [-0.4, -0.2) is 36.2 Å². The number of unbranched alkanes of at least 4 members (excludes halogenated alkanes) is 1. The van der Waals surface area contributed by atoms with Crippen LogP contribution in [0.1, 0.15) is 44.7 Å². The summed E-state index contributed by atoms with van der Waals surface area (Å²) >= 11 is 6.29. The molecular weight excluding hydrogens is 312 g/mol. The number of nitrogens with one attached hydrogen (secondary N) is 1. The molecule has 23 heavy (non-hydrogen) atoms. The molecule has 128 valence electrons. The van der Waals surface area contributed by atoms with Gasteiger partial charge in [-0.1, -0.05) is 23.7 Å². The second-order valence-electron chi connectivity index (χ2n) is 7.04. The predicted molar refractivity (Wildman–Crippen MR) is 93.9 cm³/mol. The van der Waals surface area contributed by atoms with Gasteiger partial charge in [0.1, 0.15) is 5.60 Å². The van der Waals surface area contributed by atoms with Gasteiger partial charge in [0.05, 0.1) is 0 Å². The molecular formula is C18H27ClN2O2. The lowest BCUT2D eigenvalue weighted by atomic mass is 9.99. The normalized spacial score (nSPS) is 15.1. The summed E-state index contributed by atoms with van der Waals surface area (Å²) < 4.78 is 5.21. The fourth-order valence-electron chi connectivity index (χ4n) is 2.75. The fraction of sp³-hybridized carbons (Fsp3) is 0.611. The van der Waals surface area contributed by atoms with E-state index in [2.05, 4.69) is 16.3 Å². The second kappa shape index (κ2) is 8.02. The average Bonchev–Trinajstić information content (AvgIpc) is 2.46. The lowest BCUT2D eigenvalue weighted by molar-refractivity contribution is 0.0526. The fourth-order valence-corrected chi connectivity index (χ4v) is 3.01. The third-order valence-corrected chi connectivity index (χ3v) is 4.22. The van der Waals surface area contributed by atoms with Gasteiger partial charge in [0.2, 0.25) is 0 Å². The molecule has 1 aliphatic rings. The van der Waals surface area contributed by atoms with Crippen molar-refractivity contribution >= 4 is 17.7 Å². The molecule has 0 saturated carbocycles. The van der Waals surface area contributed by atoms with Crippen molar-refractivity contribution in [2.24, 2.45) is 0 Å². The van der Waals surface area contributed by atoms with Gasteiger partial charge in [0.25, 0.3) is 0 Å². The summed E-state index contributed by atoms with van der Waals surface area (Å²) in [4.78, 5) is 14.0. The molecule has 0 saturated heterocycles. The molecule has 1 amide bonds. The Morgan fingerprint density at radius 2 is 2.13 bits per heavy atom. The smallest absolute Gasteiger partial charge is 0.407 e. The van der Waals surface area contributed by atoms with Crippen LogP contribution < -0.4 is 5.32 Å². The van der Waals surface area contributed by atoms with E-state index in [1.165, 1.54) is 11.1 Å². The first-order valence-corrected chi connectivity index (χ1v) is 8.68. The van der Waals surface area contributed by atoms with Crippen LogP contribution in [0.5, 0.6) is 0 Å². The minimum Gasteiger partial charge on any atom is -0.444 e. The highest BCUT2D eigenvalue weighted by molar-refractivity contribution is 6.31. The molecule has 0 fully saturated rings. The molecule has 1 aliphatic heterocycles. The van der Waals surface area contributed by atoms with Crippen molar-refractivity contribution in [1.29, 1.82) is 0 Å². The molecule has 5 heteroatoms. The minimum absolute atomic E-state index is 0.337. The molecule has 0 unspecified atom stereocenters. The highest BCUT2D eigenvalue weighted by Crippen LogP contribution is 2.26. The maximum atomic E-state index is 11.5. The number of halogens is 1. The van der Waals surface area contributed by atoms with Crippen LogP contribution in [0.15, 0.2) is 18.2 Å². The Morgan fingerprint density at radius 1 is 1.35 bits per heavy atom. The first-order chi connectivity index (χ1) is 10.8. The van der Waals surface area contributed by atoms with Crippen molar-refractivity contribution in [3.8, 4) is 0 Å². The van der Waals surface area contributed by atoms with E-state index >= 15 is 0 Å². The Balaban J connectivity index is 1.64. The van der Waals surface area contributed by atoms with Gasteiger partial charge < -0.3 is 10.1 Å². The van der Waals surface area contributed by atoms with Crippen LogP contribution in [0.2, 0.25) is 5.02 Å². The first-order valence-electron chi connectivity index (χ1n) is 8.30. The predicted octanol–water partition coefficient (Wildman–Crippen LogP) is 4.00. The van der Waals surface area contributed by atoms with Gasteiger partial charge in [-0.2, -0.15) is 0 Å². The summed E-state index contributed by atoms with van der Waals surface area (Å²) in [7, 11) is 0. The average molecular weight is 339 g/mol. The third-order valence-electron chi connectivity index (χ3n) is 3.86. The highest BCUT2D eigenvalue weighted by Gasteiger charge is 2.18. The van der Waals surface area contributed by atoms with Crippen molar-refractivity contribution in [1.82, 2.24) is 10.2 Å². The van der Waals surface area contributed by atoms with Crippen molar-refractivity contribution < 1.29 is 9.53 Å². The van der Waals surface area contributed by atoms with Crippen LogP contribution in [0.4, 0.5) is 4.79 Å². The number of ether oxygens (including phenoxy) is 1. The van der Waals surface area contributed by atoms with Crippen LogP contribution >= 0.6 is 11.6 Å². The summed E-state index contributed by atoms with van der Waals surface area (Å²) in [5, 5.41) is 3.67. The van der Waals surface area contributed by atoms with E-state index in [9.17, 15) is 4.79 Å². The standard InChI is InChI=1S/C18H27ClN2O2/c1-18(2,3)23-17(22)20-10-4-5-11-21-12-9-14-7-6-8-16(19)15(14)13-21/h6-8H,4-5,9-13H2,1-3H3,(H,20,22). The van der Waals surface area contributed by atoms with Gasteiger partial charge in [-0.3, -0.25) is 4.90 Å². The maximum Gasteiger partial charge on any atom is 0.407 e. The molecule has 0 atom stereocenters. The summed E-state index contributed by atoms with van der Waals surface area (Å²) in [6.07, 6.45) is 2.73. The van der Waals surface area contributed by atoms with E-state index in [1.54, 1.807) is 0 Å². The van der Waals surface area contributed by atoms with Gasteiger partial charge in [-0.05, 0) is 63.8 Å². The molecule has 1 N–H and O–H groups in total. The van der Waals surface area contributed by atoms with Gasteiger partial charge >= 0.3 is 6.09 Å². The van der Waals surface area contributed by atoms with Crippen LogP contribution in [-0.2, 0) is 17.7 Å². The topological polar surface area (TPSA) is 41.6 Å². The highest BCUT2D eigenvalue weighted by atomic mass is 35.5. The number of amides is 1. The molecule has 2 rings (SSSR count). The summed E-state index contributed by atoms with van der Waals surface area (Å²) in [5.74, 6) is 0. The van der Waals surface area contributed by atoms with Crippen molar-refractivity contribution in [2.75, 3.05) is 19.6 Å². The Morgan fingerprint density at radius 3 is 2.87 bits per heavy atom. The lowest BCUT2D eigenvalue weighted by Gasteiger charge is -2.29. The number of carbonyl (C=O) groups excluding carboxylic acids is 1. The number of benzene rings is 1. The molecule has 1 aromatic rings. The zero-order chi connectivity index (χ0) is 16.9. The van der Waals surface area contributed by atoms with E-state index in [-0.39, 0.29) is 6.09 Å². The number of nitrogens with zero attached hydrogens (tertiary/aromatic N) is 1. The van der Waals surface area contributed by atoms with Gasteiger partial charge in [0.15, 0.2) is 0 Å². The zero-order valence-corrected chi connectivity index (χ0v) is 15.1. The minimum atomic E-state index is -0.440. The van der Waals surface area contributed by atoms with Gasteiger partial charge in [-0.15, -0.1) is 0 Å². The molecule has 4 nitrogen and oxygen atoms in total. The molecule has 0 radical (unpaired) electrons. The van der Waals surface area contributed by atoms with Crippen molar-refractivity contribution in [2.45, 2.75) is 52.2 Å². The SMILES string of the molecule is CC(C)(C)OC(=O)NCCCCN1CCc2cccc(Cl)c2C1. The number of hydrogen-bond donors (Lipinski definition) is 1. The summed E-state index contributed by atoms with van der Waals surface area (Å²) in [6.45, 7) is 9.28. The third kappa shape index (κ3) is 6.04. The van der Waals surface area contributed by atoms with Crippen LogP contribution in [0.25, 0.3) is 0 Å². The summed E-state index contributed by atoms with van der Waals surface area (Å²) in [6, 6.07) is 6.16. The molecule has 0 aliphatic carbocycles. The van der Waals surface area contributed by atoms with E-state index in [4.69, 9.17) is 16.3 Å². The van der Waals surface area contributed by atoms with Gasteiger partial charge in [-0.25, -0.2) is 4.79 Å². The molecule has 0 spiro atoms. The lowest BCUT2D eigenvalue weighted by Crippen LogP contribution is -2.34. The van der Waals surface area contributed by atoms with Crippen molar-refractivity contribution in [3.63, 3.8) is 0 Å². The van der Waals surface area contributed by atoms with E-state index < -0.39 is 5.60 Å². The second-order valence-corrected chi connectivity index (χ2v) is 7.45. The van der Waals surface area contributed by atoms with Crippen molar-refractivity contribution in [3.05, 3.63) is 34.3 Å². The Kier molecular flexibility index (Phi) is 6.31. The molecule has 1 heterocycles. The Labute approximate surface area is 144 Å². The first kappa shape index (κ1) is 18.1. The quantitative estimate of drug-likeness (QED) is 0.825. The number of rotatable bonds is 5. The van der Waals surface area contributed by atoms with E-state index in [0.717, 1.165) is 43.9 Å². The van der Waals surface area contributed by atoms with E-state index in [0.29, 0.717) is 6.54 Å². The van der Waals surface area contributed by atoms with E-state index in [1.807, 2.05) is 32.9 Å². The monoisotopic (exact) mass is 338 g/mol.